The first-order valence-electron chi connectivity index (χ1n) is 6.70. The van der Waals surface area contributed by atoms with Crippen LogP contribution in [0.2, 0.25) is 0 Å². The SMILES string of the molecule is O=C(N=c1nc(NC(=O)c2ccccc2)ss1)c1ccccc1. The van der Waals surface area contributed by atoms with Gasteiger partial charge < -0.3 is 0 Å². The number of benzene rings is 2. The zero-order valence-electron chi connectivity index (χ0n) is 11.8. The van der Waals surface area contributed by atoms with Gasteiger partial charge in [0.15, 0.2) is 0 Å². The number of carbonyl (C=O) groups is 2. The Bertz CT molecular complexity index is 886. The zero-order chi connectivity index (χ0) is 16.1. The Morgan fingerprint density at radius 2 is 1.48 bits per heavy atom. The molecule has 5 nitrogen and oxygen atoms in total. The summed E-state index contributed by atoms with van der Waals surface area (Å²) in [5.74, 6) is -0.596. The smallest absolute Gasteiger partial charge is 0.279 e. The van der Waals surface area contributed by atoms with Crippen LogP contribution in [0.1, 0.15) is 20.7 Å². The second-order valence-corrected chi connectivity index (χ2v) is 6.55. The second-order valence-electron chi connectivity index (χ2n) is 4.47. The highest BCUT2D eigenvalue weighted by molar-refractivity contribution is 7.69. The molecule has 2 aromatic carbocycles. The Kier molecular flexibility index (Phi) is 4.70. The van der Waals surface area contributed by atoms with Crippen molar-refractivity contribution in [1.29, 1.82) is 0 Å². The highest BCUT2D eigenvalue weighted by Crippen LogP contribution is 2.14. The lowest BCUT2D eigenvalue weighted by atomic mass is 10.2. The Labute approximate surface area is 139 Å². The summed E-state index contributed by atoms with van der Waals surface area (Å²) in [7, 11) is 2.50. The topological polar surface area (TPSA) is 71.4 Å². The Hall–Kier alpha value is -2.64. The van der Waals surface area contributed by atoms with Gasteiger partial charge in [-0.05, 0) is 44.9 Å². The van der Waals surface area contributed by atoms with Crippen molar-refractivity contribution in [1.82, 2.24) is 4.98 Å². The molecule has 0 unspecified atom stereocenters. The van der Waals surface area contributed by atoms with E-state index < -0.39 is 0 Å². The van der Waals surface area contributed by atoms with E-state index in [-0.39, 0.29) is 11.8 Å². The molecule has 0 atom stereocenters. The third-order valence-electron chi connectivity index (χ3n) is 2.87. The van der Waals surface area contributed by atoms with Gasteiger partial charge in [-0.3, -0.25) is 14.9 Å². The van der Waals surface area contributed by atoms with Crippen LogP contribution in [0.5, 0.6) is 0 Å². The highest BCUT2D eigenvalue weighted by atomic mass is 32.9. The number of nitrogens with zero attached hydrogens (tertiary/aromatic N) is 2. The molecule has 1 aromatic heterocycles. The highest BCUT2D eigenvalue weighted by Gasteiger charge is 2.08. The van der Waals surface area contributed by atoms with Crippen molar-refractivity contribution in [3.05, 3.63) is 76.6 Å². The molecule has 1 heterocycles. The molecule has 0 radical (unpaired) electrons. The molecule has 114 valence electrons. The molecule has 0 aliphatic heterocycles. The van der Waals surface area contributed by atoms with Gasteiger partial charge in [0, 0.05) is 11.1 Å². The first-order valence-corrected chi connectivity index (χ1v) is 8.85. The van der Waals surface area contributed by atoms with Gasteiger partial charge in [-0.15, -0.1) is 0 Å². The monoisotopic (exact) mass is 341 g/mol. The van der Waals surface area contributed by atoms with E-state index in [9.17, 15) is 9.59 Å². The lowest BCUT2D eigenvalue weighted by Crippen LogP contribution is -2.13. The standard InChI is InChI=1S/C16H11N3O2S2/c20-13(11-7-3-1-4-8-11)17-15-19-16(23-22-15)18-14(21)12-9-5-2-6-10-12/h1-10H,(H,17,18,19,20,21). The van der Waals surface area contributed by atoms with Gasteiger partial charge in [0.05, 0.1) is 0 Å². The Morgan fingerprint density at radius 3 is 2.13 bits per heavy atom. The molecule has 7 heteroatoms. The molecular formula is C16H11N3O2S2. The van der Waals surface area contributed by atoms with E-state index >= 15 is 0 Å². The van der Waals surface area contributed by atoms with E-state index in [1.165, 1.54) is 20.7 Å². The summed E-state index contributed by atoms with van der Waals surface area (Å²) in [5, 5.41) is 3.12. The lowest BCUT2D eigenvalue weighted by Gasteiger charge is -1.99. The van der Waals surface area contributed by atoms with Crippen LogP contribution in [0.15, 0.2) is 65.7 Å². The number of hydrogen-bond donors (Lipinski definition) is 1. The van der Waals surface area contributed by atoms with Crippen molar-refractivity contribution < 1.29 is 9.59 Å². The van der Waals surface area contributed by atoms with Crippen LogP contribution in [-0.4, -0.2) is 16.8 Å². The van der Waals surface area contributed by atoms with Gasteiger partial charge in [-0.1, -0.05) is 36.4 Å². The number of anilines is 1. The molecule has 1 N–H and O–H groups in total. The fourth-order valence-corrected chi connectivity index (χ4v) is 3.42. The quantitative estimate of drug-likeness (QED) is 0.744. The van der Waals surface area contributed by atoms with Crippen molar-refractivity contribution in [2.75, 3.05) is 5.32 Å². The second kappa shape index (κ2) is 7.08. The average molecular weight is 341 g/mol. The summed E-state index contributed by atoms with van der Waals surface area (Å²) in [6.07, 6.45) is 0. The average Bonchev–Trinajstić information content (AvgIpc) is 3.03. The number of amides is 2. The molecule has 0 aliphatic rings. The van der Waals surface area contributed by atoms with E-state index in [0.717, 1.165) is 0 Å². The van der Waals surface area contributed by atoms with E-state index in [1.807, 2.05) is 12.1 Å². The third-order valence-corrected chi connectivity index (χ3v) is 4.80. The summed E-state index contributed by atoms with van der Waals surface area (Å²) < 4.78 is 0. The minimum Gasteiger partial charge on any atom is -0.297 e. The summed E-state index contributed by atoms with van der Waals surface area (Å²) >= 11 is 0. The molecule has 0 saturated carbocycles. The lowest BCUT2D eigenvalue weighted by molar-refractivity contribution is 0.0996. The van der Waals surface area contributed by atoms with Crippen LogP contribution in [0.4, 0.5) is 5.13 Å². The maximum atomic E-state index is 12.0. The largest absolute Gasteiger partial charge is 0.297 e. The zero-order valence-corrected chi connectivity index (χ0v) is 13.4. The molecule has 0 spiro atoms. The van der Waals surface area contributed by atoms with Crippen LogP contribution in [0.3, 0.4) is 0 Å². The fraction of sp³-hybridized carbons (Fsp3) is 0. The number of rotatable bonds is 3. The number of hydrogen-bond acceptors (Lipinski definition) is 5. The van der Waals surface area contributed by atoms with Crippen LogP contribution >= 0.6 is 20.7 Å². The van der Waals surface area contributed by atoms with Crippen LogP contribution < -0.4 is 10.1 Å². The molecule has 0 aliphatic carbocycles. The summed E-state index contributed by atoms with van der Waals surface area (Å²) in [6.45, 7) is 0. The molecule has 3 rings (SSSR count). The van der Waals surface area contributed by atoms with Gasteiger partial charge in [-0.2, -0.15) is 9.98 Å². The predicted molar refractivity (Wildman–Crippen MR) is 90.7 cm³/mol. The molecule has 2 amide bonds. The maximum Gasteiger partial charge on any atom is 0.279 e. The Balaban J connectivity index is 1.74. The van der Waals surface area contributed by atoms with Crippen molar-refractivity contribution in [2.45, 2.75) is 0 Å². The van der Waals surface area contributed by atoms with E-state index in [1.54, 1.807) is 48.5 Å². The van der Waals surface area contributed by atoms with Gasteiger partial charge in [0.1, 0.15) is 0 Å². The van der Waals surface area contributed by atoms with Crippen LogP contribution in [-0.2, 0) is 0 Å². The van der Waals surface area contributed by atoms with Crippen LogP contribution in [0, 0.1) is 0 Å². The molecule has 0 fully saturated rings. The predicted octanol–water partition coefficient (Wildman–Crippen LogP) is 3.20. The molecule has 3 aromatic rings. The van der Waals surface area contributed by atoms with E-state index in [2.05, 4.69) is 15.3 Å². The Morgan fingerprint density at radius 1 is 0.870 bits per heavy atom. The first-order chi connectivity index (χ1) is 11.2. The van der Waals surface area contributed by atoms with Crippen LogP contribution in [0.25, 0.3) is 0 Å². The molecular weight excluding hydrogens is 330 g/mol. The van der Waals surface area contributed by atoms with Crippen molar-refractivity contribution in [3.8, 4) is 0 Å². The molecule has 0 saturated heterocycles. The van der Waals surface area contributed by atoms with Gasteiger partial charge in [-0.25, -0.2) is 0 Å². The van der Waals surface area contributed by atoms with Crippen molar-refractivity contribution in [2.24, 2.45) is 4.99 Å². The maximum absolute atomic E-state index is 12.0. The van der Waals surface area contributed by atoms with E-state index in [4.69, 9.17) is 0 Å². The normalized spacial score (nSPS) is 11.2. The summed E-state index contributed by atoms with van der Waals surface area (Å²) in [6, 6.07) is 17.6. The van der Waals surface area contributed by atoms with Gasteiger partial charge >= 0.3 is 0 Å². The fourth-order valence-electron chi connectivity index (χ4n) is 1.78. The van der Waals surface area contributed by atoms with Gasteiger partial charge in [0.25, 0.3) is 11.8 Å². The third kappa shape index (κ3) is 3.97. The summed E-state index contributed by atoms with van der Waals surface area (Å²) in [5.41, 5.74) is 1.05. The number of carbonyl (C=O) groups excluding carboxylic acids is 2. The molecule has 23 heavy (non-hydrogen) atoms. The van der Waals surface area contributed by atoms with Crippen molar-refractivity contribution in [3.63, 3.8) is 0 Å². The minimum atomic E-state index is -0.354. The molecule has 0 bridgehead atoms. The van der Waals surface area contributed by atoms with Crippen molar-refractivity contribution >= 4 is 37.6 Å². The van der Waals surface area contributed by atoms with Gasteiger partial charge in [0.2, 0.25) is 9.93 Å². The van der Waals surface area contributed by atoms with E-state index in [0.29, 0.717) is 21.1 Å². The minimum absolute atomic E-state index is 0.243. The first kappa shape index (κ1) is 15.3. The number of nitrogens with one attached hydrogen (secondary N) is 1. The summed E-state index contributed by atoms with van der Waals surface area (Å²) in [4.78, 5) is 32.5. The number of aromatic nitrogens is 1.